The van der Waals surface area contributed by atoms with Gasteiger partial charge in [-0.2, -0.15) is 0 Å². The van der Waals surface area contributed by atoms with Crippen molar-refractivity contribution in [2.24, 2.45) is 0 Å². The van der Waals surface area contributed by atoms with Crippen LogP contribution in [0.15, 0.2) is 48.5 Å². The molecule has 2 aromatic rings. The van der Waals surface area contributed by atoms with Crippen LogP contribution in [0.25, 0.3) is 0 Å². The van der Waals surface area contributed by atoms with E-state index >= 15 is 0 Å². The van der Waals surface area contributed by atoms with Gasteiger partial charge in [0.15, 0.2) is 0 Å². The van der Waals surface area contributed by atoms with Crippen LogP contribution in [0.5, 0.6) is 5.75 Å². The van der Waals surface area contributed by atoms with E-state index in [1.165, 1.54) is 4.31 Å². The van der Waals surface area contributed by atoms with E-state index < -0.39 is 22.0 Å². The lowest BCUT2D eigenvalue weighted by Crippen LogP contribution is -2.47. The zero-order valence-electron chi connectivity index (χ0n) is 16.1. The molecule has 1 amide bonds. The Labute approximate surface area is 161 Å². The van der Waals surface area contributed by atoms with Crippen LogP contribution in [0, 0.1) is 6.92 Å². The number of hydrogen-bond acceptors (Lipinski definition) is 4. The van der Waals surface area contributed by atoms with Gasteiger partial charge in [0.25, 0.3) is 0 Å². The molecule has 0 aliphatic carbocycles. The molecule has 2 aromatic carbocycles. The Morgan fingerprint density at radius 3 is 2.44 bits per heavy atom. The minimum atomic E-state index is -3.65. The van der Waals surface area contributed by atoms with Gasteiger partial charge in [-0.05, 0) is 50.1 Å². The summed E-state index contributed by atoms with van der Waals surface area (Å²) in [6.45, 7) is 6.06. The number of benzene rings is 2. The van der Waals surface area contributed by atoms with Gasteiger partial charge in [0.2, 0.25) is 15.9 Å². The van der Waals surface area contributed by atoms with E-state index in [0.717, 1.165) is 11.8 Å². The Hall–Kier alpha value is -2.54. The van der Waals surface area contributed by atoms with Crippen LogP contribution >= 0.6 is 0 Å². The Morgan fingerprint density at radius 1 is 1.15 bits per heavy atom. The van der Waals surface area contributed by atoms with Gasteiger partial charge in [0, 0.05) is 11.8 Å². The number of aryl methyl sites for hydroxylation is 1. The maximum absolute atomic E-state index is 12.9. The van der Waals surface area contributed by atoms with Gasteiger partial charge in [-0.25, -0.2) is 8.42 Å². The Morgan fingerprint density at radius 2 is 1.85 bits per heavy atom. The van der Waals surface area contributed by atoms with Crippen LogP contribution in [0.3, 0.4) is 0 Å². The number of amides is 1. The predicted octanol–water partition coefficient (Wildman–Crippen LogP) is 3.58. The third-order valence-electron chi connectivity index (χ3n) is 4.00. The first-order valence-corrected chi connectivity index (χ1v) is 10.7. The van der Waals surface area contributed by atoms with Gasteiger partial charge in [-0.15, -0.1) is 0 Å². The van der Waals surface area contributed by atoms with Crippen molar-refractivity contribution in [1.82, 2.24) is 0 Å². The molecule has 0 aliphatic rings. The Bertz CT molecular complexity index is 896. The van der Waals surface area contributed by atoms with E-state index in [4.69, 9.17) is 4.74 Å². The van der Waals surface area contributed by atoms with Crippen molar-refractivity contribution in [3.8, 4) is 5.75 Å². The monoisotopic (exact) mass is 390 g/mol. The SMILES string of the molecule is CCOc1cccc(NC(=O)[C@H](CC)N(c2cccc(C)c2)S(C)(=O)=O)c1. The van der Waals surface area contributed by atoms with Crippen LogP contribution in [0.1, 0.15) is 25.8 Å². The molecule has 0 radical (unpaired) electrons. The minimum Gasteiger partial charge on any atom is -0.494 e. The molecule has 0 saturated carbocycles. The molecule has 7 heteroatoms. The summed E-state index contributed by atoms with van der Waals surface area (Å²) in [6.07, 6.45) is 1.44. The highest BCUT2D eigenvalue weighted by Gasteiger charge is 2.31. The van der Waals surface area contributed by atoms with Crippen LogP contribution in [0.2, 0.25) is 0 Å². The molecule has 0 fully saturated rings. The van der Waals surface area contributed by atoms with Gasteiger partial charge in [0.05, 0.1) is 18.6 Å². The quantitative estimate of drug-likeness (QED) is 0.748. The van der Waals surface area contributed by atoms with E-state index in [0.29, 0.717) is 30.2 Å². The Balaban J connectivity index is 2.33. The number of nitrogens with one attached hydrogen (secondary N) is 1. The number of rotatable bonds is 8. The lowest BCUT2D eigenvalue weighted by molar-refractivity contribution is -0.117. The number of carbonyl (C=O) groups excluding carboxylic acids is 1. The van der Waals surface area contributed by atoms with E-state index in [2.05, 4.69) is 5.32 Å². The molecular weight excluding hydrogens is 364 g/mol. The van der Waals surface area contributed by atoms with Crippen molar-refractivity contribution in [3.63, 3.8) is 0 Å². The highest BCUT2D eigenvalue weighted by Crippen LogP contribution is 2.25. The minimum absolute atomic E-state index is 0.331. The van der Waals surface area contributed by atoms with Crippen molar-refractivity contribution in [2.75, 3.05) is 22.5 Å². The van der Waals surface area contributed by atoms with E-state index in [1.807, 2.05) is 19.9 Å². The summed E-state index contributed by atoms with van der Waals surface area (Å²) >= 11 is 0. The number of ether oxygens (including phenoxy) is 1. The van der Waals surface area contributed by atoms with Crippen molar-refractivity contribution >= 4 is 27.3 Å². The van der Waals surface area contributed by atoms with Gasteiger partial charge in [-0.1, -0.05) is 25.1 Å². The van der Waals surface area contributed by atoms with Crippen LogP contribution in [-0.4, -0.2) is 33.2 Å². The summed E-state index contributed by atoms with van der Waals surface area (Å²) in [4.78, 5) is 12.9. The zero-order chi connectivity index (χ0) is 20.0. The van der Waals surface area contributed by atoms with Gasteiger partial charge >= 0.3 is 0 Å². The number of sulfonamides is 1. The number of nitrogens with zero attached hydrogens (tertiary/aromatic N) is 1. The maximum atomic E-state index is 12.9. The Kier molecular flexibility index (Phi) is 6.85. The molecule has 0 aliphatic heterocycles. The zero-order valence-corrected chi connectivity index (χ0v) is 16.9. The van der Waals surface area contributed by atoms with E-state index in [-0.39, 0.29) is 0 Å². The first-order valence-electron chi connectivity index (χ1n) is 8.86. The molecule has 146 valence electrons. The van der Waals surface area contributed by atoms with Gasteiger partial charge in [0.1, 0.15) is 11.8 Å². The molecule has 2 rings (SSSR count). The number of carbonyl (C=O) groups is 1. The molecule has 1 atom stereocenters. The molecule has 0 heterocycles. The van der Waals surface area contributed by atoms with Crippen LogP contribution in [-0.2, 0) is 14.8 Å². The molecular formula is C20H26N2O4S. The summed E-state index contributed by atoms with van der Waals surface area (Å²) in [5.41, 5.74) is 1.95. The second-order valence-corrected chi connectivity index (χ2v) is 8.13. The van der Waals surface area contributed by atoms with E-state index in [9.17, 15) is 13.2 Å². The van der Waals surface area contributed by atoms with Crippen LogP contribution < -0.4 is 14.4 Å². The van der Waals surface area contributed by atoms with Gasteiger partial charge < -0.3 is 10.1 Å². The molecule has 6 nitrogen and oxygen atoms in total. The summed E-state index contributed by atoms with van der Waals surface area (Å²) in [7, 11) is -3.65. The molecule has 1 N–H and O–H groups in total. The molecule has 27 heavy (non-hydrogen) atoms. The van der Waals surface area contributed by atoms with E-state index in [1.54, 1.807) is 49.4 Å². The lowest BCUT2D eigenvalue weighted by Gasteiger charge is -2.30. The fraction of sp³-hybridized carbons (Fsp3) is 0.350. The fourth-order valence-electron chi connectivity index (χ4n) is 2.88. The van der Waals surface area contributed by atoms with Crippen molar-refractivity contribution < 1.29 is 17.9 Å². The van der Waals surface area contributed by atoms with Crippen molar-refractivity contribution in [1.29, 1.82) is 0 Å². The highest BCUT2D eigenvalue weighted by molar-refractivity contribution is 7.92. The largest absolute Gasteiger partial charge is 0.494 e. The average molecular weight is 391 g/mol. The smallest absolute Gasteiger partial charge is 0.248 e. The third-order valence-corrected chi connectivity index (χ3v) is 5.18. The fourth-order valence-corrected chi connectivity index (χ4v) is 4.08. The van der Waals surface area contributed by atoms with Crippen molar-refractivity contribution in [2.45, 2.75) is 33.2 Å². The summed E-state index contributed by atoms with van der Waals surface area (Å²) in [6, 6.07) is 13.3. The second kappa shape index (κ2) is 8.90. The standard InChI is InChI=1S/C20H26N2O4S/c1-5-19(20(23)21-16-10-8-12-18(14-16)26-6-2)22(27(4,24)25)17-11-7-9-15(3)13-17/h7-14,19H,5-6H2,1-4H3,(H,21,23)/t19-/m0/s1. The number of anilines is 2. The molecule has 0 spiro atoms. The van der Waals surface area contributed by atoms with Crippen molar-refractivity contribution in [3.05, 3.63) is 54.1 Å². The topological polar surface area (TPSA) is 75.7 Å². The molecule has 0 bridgehead atoms. The average Bonchev–Trinajstić information content (AvgIpc) is 2.59. The first kappa shape index (κ1) is 20.8. The number of hydrogen-bond donors (Lipinski definition) is 1. The van der Waals surface area contributed by atoms with Gasteiger partial charge in [-0.3, -0.25) is 9.10 Å². The summed E-state index contributed by atoms with van der Waals surface area (Å²) in [5, 5.41) is 2.80. The molecule has 0 unspecified atom stereocenters. The maximum Gasteiger partial charge on any atom is 0.248 e. The summed E-state index contributed by atoms with van der Waals surface area (Å²) in [5.74, 6) is 0.250. The second-order valence-electron chi connectivity index (χ2n) is 6.27. The first-order chi connectivity index (χ1) is 12.8. The molecule has 0 aromatic heterocycles. The highest BCUT2D eigenvalue weighted by atomic mass is 32.2. The summed E-state index contributed by atoms with van der Waals surface area (Å²) < 4.78 is 31.6. The molecule has 0 saturated heterocycles. The third kappa shape index (κ3) is 5.47. The normalized spacial score (nSPS) is 12.3. The predicted molar refractivity (Wildman–Crippen MR) is 109 cm³/mol. The van der Waals surface area contributed by atoms with Crippen LogP contribution in [0.4, 0.5) is 11.4 Å². The lowest BCUT2D eigenvalue weighted by atomic mass is 10.1.